The van der Waals surface area contributed by atoms with Gasteiger partial charge in [-0.3, -0.25) is 4.90 Å². The van der Waals surface area contributed by atoms with Gasteiger partial charge in [-0.15, -0.1) is 5.06 Å². The van der Waals surface area contributed by atoms with Gasteiger partial charge in [-0.05, 0) is 86.9 Å². The third-order valence-corrected chi connectivity index (χ3v) is 9.03. The number of hydrogen-bond acceptors (Lipinski definition) is 5. The number of rotatable bonds is 7. The van der Waals surface area contributed by atoms with E-state index in [9.17, 15) is 22.0 Å². The predicted octanol–water partition coefficient (Wildman–Crippen LogP) is 6.84. The van der Waals surface area contributed by atoms with E-state index in [0.717, 1.165) is 75.4 Å². The lowest BCUT2D eigenvalue weighted by atomic mass is 9.79. The maximum atomic E-state index is 14.7. The fourth-order valence-corrected chi connectivity index (χ4v) is 6.71. The van der Waals surface area contributed by atoms with E-state index in [4.69, 9.17) is 9.57 Å². The van der Waals surface area contributed by atoms with Gasteiger partial charge in [-0.2, -0.15) is 13.2 Å². The zero-order valence-corrected chi connectivity index (χ0v) is 23.7. The van der Waals surface area contributed by atoms with Crippen molar-refractivity contribution in [1.82, 2.24) is 15.3 Å². The summed E-state index contributed by atoms with van der Waals surface area (Å²) in [4.78, 5) is 8.80. The molecule has 41 heavy (non-hydrogen) atoms. The fraction of sp³-hybridized carbons (Fsp3) is 0.548. The van der Waals surface area contributed by atoms with Crippen LogP contribution >= 0.6 is 0 Å². The number of nitrogens with one attached hydrogen (secondary N) is 1. The third-order valence-electron chi connectivity index (χ3n) is 9.03. The van der Waals surface area contributed by atoms with Crippen LogP contribution < -0.4 is 10.2 Å². The normalized spacial score (nSPS) is 24.9. The minimum absolute atomic E-state index is 0.0621. The van der Waals surface area contributed by atoms with Crippen molar-refractivity contribution in [3.8, 4) is 5.75 Å². The van der Waals surface area contributed by atoms with Gasteiger partial charge in [0.2, 0.25) is 0 Å². The van der Waals surface area contributed by atoms with Crippen molar-refractivity contribution in [1.29, 1.82) is 0 Å². The molecule has 3 aliphatic heterocycles. The molecule has 3 saturated heterocycles. The molecule has 1 N–H and O–H groups in total. The Labute approximate surface area is 238 Å². The Hall–Kier alpha value is -2.53. The number of alkyl halides is 3. The summed E-state index contributed by atoms with van der Waals surface area (Å²) in [5, 5.41) is 5.05. The number of piperidine rings is 1. The highest BCUT2D eigenvalue weighted by atomic mass is 19.4. The summed E-state index contributed by atoms with van der Waals surface area (Å²) in [6.07, 6.45) is -1.55. The van der Waals surface area contributed by atoms with Crippen molar-refractivity contribution < 1.29 is 31.5 Å². The van der Waals surface area contributed by atoms with Crippen molar-refractivity contribution in [2.24, 2.45) is 11.8 Å². The maximum Gasteiger partial charge on any atom is 0.416 e. The highest BCUT2D eigenvalue weighted by Gasteiger charge is 2.44. The molecule has 3 heterocycles. The molecule has 4 unspecified atom stereocenters. The molecule has 3 fully saturated rings. The molecular formula is C31H38F5N3O2. The number of ether oxygens (including phenoxy) is 1. The van der Waals surface area contributed by atoms with E-state index in [1.807, 2.05) is 6.92 Å². The van der Waals surface area contributed by atoms with Crippen molar-refractivity contribution in [3.05, 3.63) is 70.5 Å². The molecule has 0 aliphatic carbocycles. The van der Waals surface area contributed by atoms with Crippen molar-refractivity contribution in [3.63, 3.8) is 0 Å². The summed E-state index contributed by atoms with van der Waals surface area (Å²) in [6, 6.07) is 5.61. The van der Waals surface area contributed by atoms with Crippen LogP contribution in [0.5, 0.6) is 5.75 Å². The number of halogens is 5. The molecule has 0 radical (unpaired) electrons. The van der Waals surface area contributed by atoms with E-state index >= 15 is 0 Å². The van der Waals surface area contributed by atoms with Gasteiger partial charge in [0.05, 0.1) is 11.6 Å². The van der Waals surface area contributed by atoms with Crippen molar-refractivity contribution >= 4 is 5.83 Å². The van der Waals surface area contributed by atoms with Crippen molar-refractivity contribution in [2.75, 3.05) is 39.9 Å². The summed E-state index contributed by atoms with van der Waals surface area (Å²) >= 11 is 0. The molecule has 0 amide bonds. The Morgan fingerprint density at radius 2 is 1.85 bits per heavy atom. The number of nitrogens with zero attached hydrogens (tertiary/aromatic N) is 2. The quantitative estimate of drug-likeness (QED) is 0.287. The molecule has 3 aliphatic rings. The van der Waals surface area contributed by atoms with E-state index in [2.05, 4.69) is 16.8 Å². The summed E-state index contributed by atoms with van der Waals surface area (Å²) < 4.78 is 74.9. The molecule has 0 bridgehead atoms. The summed E-state index contributed by atoms with van der Waals surface area (Å²) in [5.41, 5.74) is 0.587. The molecule has 4 atom stereocenters. The highest BCUT2D eigenvalue weighted by molar-refractivity contribution is 5.59. The van der Waals surface area contributed by atoms with E-state index in [0.29, 0.717) is 23.6 Å². The van der Waals surface area contributed by atoms with E-state index in [-0.39, 0.29) is 17.2 Å². The molecule has 2 aromatic rings. The molecule has 0 aromatic heterocycles. The Bertz CT molecular complexity index is 1260. The van der Waals surface area contributed by atoms with Gasteiger partial charge in [-0.1, -0.05) is 6.58 Å². The van der Waals surface area contributed by atoms with Crippen LogP contribution in [0.1, 0.15) is 66.1 Å². The van der Waals surface area contributed by atoms with Crippen LogP contribution in [0, 0.1) is 24.6 Å². The van der Waals surface area contributed by atoms with Crippen LogP contribution in [0.3, 0.4) is 0 Å². The van der Waals surface area contributed by atoms with Crippen LogP contribution in [-0.2, 0) is 10.9 Å². The molecule has 10 heteroatoms. The third kappa shape index (κ3) is 6.45. The second-order valence-electron chi connectivity index (χ2n) is 11.6. The number of fused-ring (bicyclic) bond motifs is 1. The number of aryl methyl sites for hydroxylation is 1. The Balaban J connectivity index is 1.42. The first-order valence-electron chi connectivity index (χ1n) is 14.3. The Morgan fingerprint density at radius 3 is 2.54 bits per heavy atom. The van der Waals surface area contributed by atoms with Crippen LogP contribution in [0.25, 0.3) is 5.83 Å². The topological polar surface area (TPSA) is 37.0 Å². The Morgan fingerprint density at radius 1 is 1.12 bits per heavy atom. The van der Waals surface area contributed by atoms with Crippen LogP contribution in [0.4, 0.5) is 22.0 Å². The lowest BCUT2D eigenvalue weighted by molar-refractivity contribution is -0.137. The van der Waals surface area contributed by atoms with E-state index in [1.165, 1.54) is 23.3 Å². The smallest absolute Gasteiger partial charge is 0.405 e. The average Bonchev–Trinajstić information content (AvgIpc) is 3.37. The lowest BCUT2D eigenvalue weighted by Crippen LogP contribution is -2.41. The average molecular weight is 580 g/mol. The SMILES string of the molecule is C=C(F)c1cc(C(C)N(C)Oc2cc(F)cc(C)c2C2NCCC3CN(C4CCOCC4)CC32)cc(C(F)(F)F)c1. The second kappa shape index (κ2) is 12.0. The molecule has 5 nitrogen and oxygen atoms in total. The van der Waals surface area contributed by atoms with Gasteiger partial charge < -0.3 is 14.9 Å². The predicted molar refractivity (Wildman–Crippen MR) is 147 cm³/mol. The van der Waals surface area contributed by atoms with Crippen LogP contribution in [-0.4, -0.2) is 55.9 Å². The second-order valence-corrected chi connectivity index (χ2v) is 11.6. The first kappa shape index (κ1) is 29.9. The van der Waals surface area contributed by atoms with E-state index < -0.39 is 29.4 Å². The van der Waals surface area contributed by atoms with Gasteiger partial charge in [0.15, 0.2) is 5.75 Å². The van der Waals surface area contributed by atoms with Gasteiger partial charge >= 0.3 is 6.18 Å². The van der Waals surface area contributed by atoms with Crippen molar-refractivity contribution in [2.45, 2.75) is 57.4 Å². The van der Waals surface area contributed by atoms with Gasteiger partial charge in [0.25, 0.3) is 0 Å². The summed E-state index contributed by atoms with van der Waals surface area (Å²) in [5.74, 6) is -0.292. The molecule has 0 spiro atoms. The minimum Gasteiger partial charge on any atom is -0.405 e. The van der Waals surface area contributed by atoms with Gasteiger partial charge in [0, 0.05) is 62.6 Å². The largest absolute Gasteiger partial charge is 0.416 e. The Kier molecular flexibility index (Phi) is 8.76. The number of benzene rings is 2. The zero-order valence-electron chi connectivity index (χ0n) is 23.7. The number of hydroxylamine groups is 2. The first-order chi connectivity index (χ1) is 19.4. The highest BCUT2D eigenvalue weighted by Crippen LogP contribution is 2.45. The fourth-order valence-electron chi connectivity index (χ4n) is 6.71. The lowest BCUT2D eigenvalue weighted by Gasteiger charge is -2.37. The van der Waals surface area contributed by atoms with Gasteiger partial charge in [0.1, 0.15) is 11.6 Å². The molecule has 224 valence electrons. The monoisotopic (exact) mass is 579 g/mol. The van der Waals surface area contributed by atoms with E-state index in [1.54, 1.807) is 14.0 Å². The molecular weight excluding hydrogens is 541 g/mol. The zero-order chi connectivity index (χ0) is 29.5. The summed E-state index contributed by atoms with van der Waals surface area (Å²) in [7, 11) is 1.58. The standard InChI is InChI=1S/C31H38F5N3O2/c1-18-11-25(33)15-28(41-38(4)20(3)23-12-22(19(2)32)13-24(14-23)31(34,35)36)29(18)30-27-17-39(16-21(27)5-8-37-30)26-6-9-40-10-7-26/h11-15,20-21,26-27,30,37H,2,5-10,16-17H2,1,3-4H3. The molecule has 5 rings (SSSR count). The minimum atomic E-state index is -4.66. The first-order valence-corrected chi connectivity index (χ1v) is 14.3. The maximum absolute atomic E-state index is 14.7. The summed E-state index contributed by atoms with van der Waals surface area (Å²) in [6.45, 7) is 11.0. The molecule has 2 aromatic carbocycles. The molecule has 0 saturated carbocycles. The van der Waals surface area contributed by atoms with Gasteiger partial charge in [-0.25, -0.2) is 8.78 Å². The van der Waals surface area contributed by atoms with Crippen LogP contribution in [0.15, 0.2) is 36.9 Å². The van der Waals surface area contributed by atoms with Crippen LogP contribution in [0.2, 0.25) is 0 Å². The number of likely N-dealkylation sites (tertiary alicyclic amines) is 1. The number of hydrogen-bond donors (Lipinski definition) is 1.